The third-order valence-corrected chi connectivity index (χ3v) is 5.26. The Morgan fingerprint density at radius 2 is 1.79 bits per heavy atom. The van der Waals surface area contributed by atoms with Crippen LogP contribution in [-0.4, -0.2) is 51.8 Å². The highest BCUT2D eigenvalue weighted by atomic mass is 19.1. The van der Waals surface area contributed by atoms with Gasteiger partial charge in [-0.15, -0.1) is 0 Å². The summed E-state index contributed by atoms with van der Waals surface area (Å²) in [6.45, 7) is 1.82. The molecule has 0 radical (unpaired) electrons. The number of aromatic hydroxyl groups is 2. The summed E-state index contributed by atoms with van der Waals surface area (Å²) < 4.78 is 13.0. The Labute approximate surface area is 169 Å². The molecule has 1 saturated heterocycles. The zero-order valence-electron chi connectivity index (χ0n) is 16.2. The normalized spacial score (nSPS) is 16.0. The summed E-state index contributed by atoms with van der Waals surface area (Å²) in [6.07, 6.45) is 2.15. The van der Waals surface area contributed by atoms with Crippen molar-refractivity contribution in [1.82, 2.24) is 10.2 Å². The fourth-order valence-electron chi connectivity index (χ4n) is 3.59. The maximum atomic E-state index is 13.0. The lowest BCUT2D eigenvalue weighted by Gasteiger charge is -2.28. The fraction of sp³-hybridized carbons (Fsp3) is 0.409. The average Bonchev–Trinajstić information content (AvgIpc) is 3.25. The summed E-state index contributed by atoms with van der Waals surface area (Å²) in [6, 6.07) is 9.50. The number of hydrogen-bond acceptors (Lipinski definition) is 5. The van der Waals surface area contributed by atoms with Crippen molar-refractivity contribution >= 4 is 5.91 Å². The molecule has 0 unspecified atom stereocenters. The summed E-state index contributed by atoms with van der Waals surface area (Å²) in [5.74, 6) is -1.08. The first-order chi connectivity index (χ1) is 14.0. The molecule has 156 valence electrons. The maximum Gasteiger partial charge on any atom is 0.242 e. The van der Waals surface area contributed by atoms with Crippen LogP contribution in [0.5, 0.6) is 11.5 Å². The van der Waals surface area contributed by atoms with Gasteiger partial charge in [0.1, 0.15) is 18.0 Å². The molecule has 0 aliphatic carbocycles. The van der Waals surface area contributed by atoms with E-state index in [1.165, 1.54) is 30.3 Å². The Morgan fingerprint density at radius 3 is 2.45 bits per heavy atom. The van der Waals surface area contributed by atoms with Crippen LogP contribution in [-0.2, 0) is 11.2 Å². The Morgan fingerprint density at radius 1 is 1.10 bits per heavy atom. The number of hydrogen-bond donors (Lipinski definition) is 4. The van der Waals surface area contributed by atoms with Crippen LogP contribution in [0.2, 0.25) is 0 Å². The summed E-state index contributed by atoms with van der Waals surface area (Å²) in [4.78, 5) is 14.7. The van der Waals surface area contributed by atoms with Gasteiger partial charge in [-0.1, -0.05) is 18.2 Å². The maximum absolute atomic E-state index is 13.0. The molecule has 7 heteroatoms. The third-order valence-electron chi connectivity index (χ3n) is 5.26. The minimum atomic E-state index is -1.17. The van der Waals surface area contributed by atoms with Gasteiger partial charge in [0.15, 0.2) is 11.5 Å². The number of carbonyl (C=O) groups excluding carboxylic acids is 1. The molecule has 29 heavy (non-hydrogen) atoms. The van der Waals surface area contributed by atoms with E-state index < -0.39 is 12.1 Å². The van der Waals surface area contributed by atoms with Crippen LogP contribution in [0.4, 0.5) is 4.39 Å². The predicted molar refractivity (Wildman–Crippen MR) is 107 cm³/mol. The smallest absolute Gasteiger partial charge is 0.242 e. The van der Waals surface area contributed by atoms with E-state index >= 15 is 0 Å². The molecular weight excluding hydrogens is 377 g/mol. The van der Waals surface area contributed by atoms with Gasteiger partial charge >= 0.3 is 0 Å². The molecule has 0 bridgehead atoms. The summed E-state index contributed by atoms with van der Waals surface area (Å²) in [5.41, 5.74) is 1.35. The number of likely N-dealkylation sites (tertiary alicyclic amines) is 1. The Hall–Kier alpha value is -2.64. The van der Waals surface area contributed by atoms with E-state index in [0.717, 1.165) is 18.4 Å². The minimum Gasteiger partial charge on any atom is -0.504 e. The number of aliphatic hydroxyl groups excluding tert-OH is 1. The lowest BCUT2D eigenvalue weighted by Crippen LogP contribution is -2.49. The molecule has 0 saturated carbocycles. The first-order valence-corrected chi connectivity index (χ1v) is 9.92. The number of phenols is 2. The van der Waals surface area contributed by atoms with Crippen molar-refractivity contribution in [3.63, 3.8) is 0 Å². The topological polar surface area (TPSA) is 93.0 Å². The number of amides is 1. The van der Waals surface area contributed by atoms with Crippen molar-refractivity contribution in [2.75, 3.05) is 19.6 Å². The lowest BCUT2D eigenvalue weighted by atomic mass is 10.1. The van der Waals surface area contributed by atoms with E-state index in [4.69, 9.17) is 0 Å². The molecule has 2 aromatic carbocycles. The molecule has 3 rings (SSSR count). The van der Waals surface area contributed by atoms with Crippen LogP contribution in [0.25, 0.3) is 0 Å². The van der Waals surface area contributed by atoms with E-state index in [1.807, 2.05) is 0 Å². The number of carbonyl (C=O) groups is 1. The highest BCUT2D eigenvalue weighted by molar-refractivity contribution is 5.83. The van der Waals surface area contributed by atoms with Crippen LogP contribution < -0.4 is 5.32 Å². The molecule has 0 aromatic heterocycles. The molecular formula is C22H27FN2O4. The van der Waals surface area contributed by atoms with Gasteiger partial charge in [0.25, 0.3) is 0 Å². The summed E-state index contributed by atoms with van der Waals surface area (Å²) >= 11 is 0. The molecule has 1 heterocycles. The molecule has 2 atom stereocenters. The van der Waals surface area contributed by atoms with Gasteiger partial charge < -0.3 is 25.5 Å². The lowest BCUT2D eigenvalue weighted by molar-refractivity contribution is -0.135. The zero-order valence-corrected chi connectivity index (χ0v) is 16.2. The van der Waals surface area contributed by atoms with Crippen molar-refractivity contribution in [3.05, 3.63) is 59.4 Å². The van der Waals surface area contributed by atoms with E-state index in [9.17, 15) is 24.5 Å². The number of halogens is 1. The molecule has 6 nitrogen and oxygen atoms in total. The monoisotopic (exact) mass is 404 g/mol. The van der Waals surface area contributed by atoms with Crippen LogP contribution in [0.15, 0.2) is 42.5 Å². The number of nitrogens with one attached hydrogen (secondary N) is 1. The van der Waals surface area contributed by atoms with Gasteiger partial charge in [-0.2, -0.15) is 0 Å². The highest BCUT2D eigenvalue weighted by Gasteiger charge is 2.32. The van der Waals surface area contributed by atoms with Crippen molar-refractivity contribution < 1.29 is 24.5 Å². The molecule has 2 aromatic rings. The van der Waals surface area contributed by atoms with Crippen molar-refractivity contribution in [2.24, 2.45) is 0 Å². The van der Waals surface area contributed by atoms with Crippen LogP contribution in [0, 0.1) is 5.82 Å². The average molecular weight is 404 g/mol. The van der Waals surface area contributed by atoms with Crippen molar-refractivity contribution in [3.8, 4) is 11.5 Å². The Bertz CT molecular complexity index is 822. The number of benzene rings is 2. The van der Waals surface area contributed by atoms with Crippen molar-refractivity contribution in [1.29, 1.82) is 0 Å². The van der Waals surface area contributed by atoms with Gasteiger partial charge in [0.2, 0.25) is 5.91 Å². The standard InChI is InChI=1S/C22H27FN2O4/c23-17-8-5-15(6-9-17)4-3-11-24-20(22(29)25-12-1-2-13-25)21(28)16-7-10-18(26)19(27)14-16/h5-10,14,20-21,24,26-28H,1-4,11-13H2/t20-,21-/m0/s1/i21+2. The van der Waals surface area contributed by atoms with Crippen LogP contribution in [0.1, 0.15) is 36.5 Å². The number of aryl methyl sites for hydroxylation is 1. The minimum absolute atomic E-state index is 0.177. The quantitative estimate of drug-likeness (QED) is 0.401. The zero-order chi connectivity index (χ0) is 20.8. The van der Waals surface area contributed by atoms with E-state index in [2.05, 4.69) is 5.32 Å². The second kappa shape index (κ2) is 9.71. The number of phenolic OH excluding ortho intramolecular Hbond substituents is 2. The largest absolute Gasteiger partial charge is 0.504 e. The molecule has 0 spiro atoms. The van der Waals surface area contributed by atoms with Crippen molar-refractivity contribution in [2.45, 2.75) is 37.8 Å². The summed E-state index contributed by atoms with van der Waals surface area (Å²) in [5, 5.41) is 33.2. The first-order valence-electron chi connectivity index (χ1n) is 9.92. The summed E-state index contributed by atoms with van der Waals surface area (Å²) in [7, 11) is 0. The SMILES string of the molecule is O=C([C@@H](NCCCc1ccc(F)cc1)[14C@@H](O)c1ccc(O)c(O)c1)N1CCCC1. The molecule has 1 aliphatic rings. The fourth-order valence-corrected chi connectivity index (χ4v) is 3.59. The van der Waals surface area contributed by atoms with E-state index in [0.29, 0.717) is 38.0 Å². The Balaban J connectivity index is 1.65. The van der Waals surface area contributed by atoms with Gasteiger partial charge in [-0.05, 0) is 67.6 Å². The van der Waals surface area contributed by atoms with Crippen LogP contribution >= 0.6 is 0 Å². The number of aliphatic hydroxyl groups is 1. The van der Waals surface area contributed by atoms with Crippen LogP contribution in [0.3, 0.4) is 0 Å². The predicted octanol–water partition coefficient (Wildman–Crippen LogP) is 2.48. The van der Waals surface area contributed by atoms with Gasteiger partial charge in [0, 0.05) is 13.1 Å². The molecule has 1 aliphatic heterocycles. The van der Waals surface area contributed by atoms with Gasteiger partial charge in [-0.25, -0.2) is 4.39 Å². The Kier molecular flexibility index (Phi) is 7.06. The third kappa shape index (κ3) is 5.46. The van der Waals surface area contributed by atoms with Gasteiger partial charge in [-0.3, -0.25) is 4.79 Å². The number of rotatable bonds is 8. The highest BCUT2D eigenvalue weighted by Crippen LogP contribution is 2.29. The van der Waals surface area contributed by atoms with E-state index in [1.54, 1.807) is 17.0 Å². The first kappa shape index (κ1) is 21.1. The molecule has 4 N–H and O–H groups in total. The number of nitrogens with zero attached hydrogens (tertiary/aromatic N) is 1. The second-order valence-corrected chi connectivity index (χ2v) is 7.39. The van der Waals surface area contributed by atoms with Gasteiger partial charge in [0.05, 0.1) is 0 Å². The second-order valence-electron chi connectivity index (χ2n) is 7.39. The van der Waals surface area contributed by atoms with E-state index in [-0.39, 0.29) is 23.2 Å². The molecule has 1 amide bonds. The molecule has 1 fully saturated rings.